The molecule has 2 aromatic carbocycles. The number of carbonyl (C=O) groups is 1. The van der Waals surface area contributed by atoms with Crippen LogP contribution >= 0.6 is 11.3 Å². The maximum Gasteiger partial charge on any atom is 0.232 e. The van der Waals surface area contributed by atoms with Crippen molar-refractivity contribution < 1.29 is 9.21 Å². The molecule has 0 atom stereocenters. The minimum absolute atomic E-state index is 0.141. The predicted octanol–water partition coefficient (Wildman–Crippen LogP) is 5.52. The van der Waals surface area contributed by atoms with Gasteiger partial charge in [0.25, 0.3) is 0 Å². The van der Waals surface area contributed by atoms with E-state index < -0.39 is 0 Å². The van der Waals surface area contributed by atoms with Crippen LogP contribution in [0.25, 0.3) is 22.7 Å². The lowest BCUT2D eigenvalue weighted by Gasteiger charge is -2.01. The molecule has 2 heterocycles. The van der Waals surface area contributed by atoms with Gasteiger partial charge in [-0.1, -0.05) is 49.4 Å². The molecule has 29 heavy (non-hydrogen) atoms. The molecule has 0 saturated carbocycles. The first-order chi connectivity index (χ1) is 14.1. The topological polar surface area (TPSA) is 68.0 Å². The number of aromatic nitrogens is 2. The van der Waals surface area contributed by atoms with Crippen molar-refractivity contribution in [3.05, 3.63) is 77.0 Å². The molecule has 0 fully saturated rings. The summed E-state index contributed by atoms with van der Waals surface area (Å²) in [5.41, 5.74) is 4.71. The third kappa shape index (κ3) is 4.43. The number of hydrogen-bond acceptors (Lipinski definition) is 5. The Kier molecular flexibility index (Phi) is 5.53. The summed E-state index contributed by atoms with van der Waals surface area (Å²) >= 11 is 1.41. The summed E-state index contributed by atoms with van der Waals surface area (Å²) < 4.78 is 5.73. The molecule has 0 unspecified atom stereocenters. The van der Waals surface area contributed by atoms with Crippen molar-refractivity contribution in [3.63, 3.8) is 0 Å². The van der Waals surface area contributed by atoms with Gasteiger partial charge in [-0.15, -0.1) is 11.3 Å². The lowest BCUT2D eigenvalue weighted by Crippen LogP contribution is -2.15. The fourth-order valence-corrected chi connectivity index (χ4v) is 3.72. The van der Waals surface area contributed by atoms with Gasteiger partial charge in [0, 0.05) is 16.5 Å². The third-order valence-corrected chi connectivity index (χ3v) is 5.41. The first-order valence-electron chi connectivity index (χ1n) is 9.49. The van der Waals surface area contributed by atoms with Crippen LogP contribution in [0.3, 0.4) is 0 Å². The van der Waals surface area contributed by atoms with Crippen molar-refractivity contribution in [2.45, 2.75) is 26.7 Å². The van der Waals surface area contributed by atoms with Gasteiger partial charge in [-0.3, -0.25) is 4.79 Å². The summed E-state index contributed by atoms with van der Waals surface area (Å²) in [7, 11) is 0. The molecule has 0 bridgehead atoms. The number of aryl methyl sites for hydroxylation is 2. The van der Waals surface area contributed by atoms with Crippen molar-refractivity contribution in [3.8, 4) is 22.7 Å². The van der Waals surface area contributed by atoms with Gasteiger partial charge < -0.3 is 9.73 Å². The summed E-state index contributed by atoms with van der Waals surface area (Å²) in [5, 5.41) is 5.39. The lowest BCUT2D eigenvalue weighted by atomic mass is 10.1. The Morgan fingerprint density at radius 1 is 1.03 bits per heavy atom. The van der Waals surface area contributed by atoms with E-state index in [4.69, 9.17) is 4.42 Å². The Bertz CT molecular complexity index is 1110. The average Bonchev–Trinajstić information content (AvgIpc) is 3.35. The van der Waals surface area contributed by atoms with Crippen LogP contribution in [0.15, 0.2) is 64.4 Å². The summed E-state index contributed by atoms with van der Waals surface area (Å²) in [4.78, 5) is 21.5. The Morgan fingerprint density at radius 2 is 1.79 bits per heavy atom. The first kappa shape index (κ1) is 19.1. The standard InChI is InChI=1S/C23H21N3O2S/c1-3-16-9-11-17(12-10-16)20-14-29-23(25-20)26-21(27)13-19-15(2)28-22(24-19)18-7-5-4-6-8-18/h4-12,14H,3,13H2,1-2H3,(H,25,26,27). The zero-order chi connectivity index (χ0) is 20.2. The minimum atomic E-state index is -0.164. The number of nitrogens with zero attached hydrogens (tertiary/aromatic N) is 2. The second kappa shape index (κ2) is 8.41. The Hall–Kier alpha value is -3.25. The first-order valence-corrected chi connectivity index (χ1v) is 10.4. The van der Waals surface area contributed by atoms with E-state index in [1.807, 2.05) is 42.6 Å². The highest BCUT2D eigenvalue weighted by Gasteiger charge is 2.16. The maximum absolute atomic E-state index is 12.5. The summed E-state index contributed by atoms with van der Waals surface area (Å²) in [6.07, 6.45) is 1.15. The Labute approximate surface area is 173 Å². The SMILES string of the molecule is CCc1ccc(-c2csc(NC(=O)Cc3nc(-c4ccccc4)oc3C)n2)cc1. The molecule has 1 amide bonds. The van der Waals surface area contributed by atoms with E-state index in [0.717, 1.165) is 23.2 Å². The molecule has 0 saturated heterocycles. The number of rotatable bonds is 6. The van der Waals surface area contributed by atoms with Crippen LogP contribution in [0, 0.1) is 6.92 Å². The van der Waals surface area contributed by atoms with Gasteiger partial charge in [0.15, 0.2) is 5.13 Å². The smallest absolute Gasteiger partial charge is 0.232 e. The lowest BCUT2D eigenvalue weighted by molar-refractivity contribution is -0.115. The average molecular weight is 404 g/mol. The molecule has 5 nitrogen and oxygen atoms in total. The monoisotopic (exact) mass is 403 g/mol. The molecule has 0 aliphatic carbocycles. The molecule has 4 rings (SSSR count). The fraction of sp³-hybridized carbons (Fsp3) is 0.174. The number of amides is 1. The van der Waals surface area contributed by atoms with E-state index in [1.165, 1.54) is 16.9 Å². The molecule has 6 heteroatoms. The molecular formula is C23H21N3O2S. The van der Waals surface area contributed by atoms with E-state index in [2.05, 4.69) is 46.5 Å². The highest BCUT2D eigenvalue weighted by Crippen LogP contribution is 2.26. The molecule has 0 spiro atoms. The summed E-state index contributed by atoms with van der Waals surface area (Å²) in [5.74, 6) is 1.01. The normalized spacial score (nSPS) is 10.8. The van der Waals surface area contributed by atoms with Crippen LogP contribution < -0.4 is 5.32 Å². The number of benzene rings is 2. The van der Waals surface area contributed by atoms with Crippen LogP contribution in [-0.4, -0.2) is 15.9 Å². The second-order valence-electron chi connectivity index (χ2n) is 6.70. The van der Waals surface area contributed by atoms with E-state index >= 15 is 0 Å². The minimum Gasteiger partial charge on any atom is -0.441 e. The van der Waals surface area contributed by atoms with Crippen molar-refractivity contribution in [2.24, 2.45) is 0 Å². The zero-order valence-corrected chi connectivity index (χ0v) is 17.1. The maximum atomic E-state index is 12.5. The number of oxazole rings is 1. The molecule has 4 aromatic rings. The number of thiazole rings is 1. The van der Waals surface area contributed by atoms with Crippen LogP contribution in [-0.2, 0) is 17.6 Å². The zero-order valence-electron chi connectivity index (χ0n) is 16.3. The van der Waals surface area contributed by atoms with Gasteiger partial charge in [0.2, 0.25) is 11.8 Å². The van der Waals surface area contributed by atoms with Crippen LogP contribution in [0.4, 0.5) is 5.13 Å². The second-order valence-corrected chi connectivity index (χ2v) is 7.56. The number of anilines is 1. The van der Waals surface area contributed by atoms with E-state index in [-0.39, 0.29) is 12.3 Å². The molecule has 0 aliphatic rings. The van der Waals surface area contributed by atoms with Crippen LogP contribution in [0.1, 0.15) is 23.9 Å². The highest BCUT2D eigenvalue weighted by atomic mass is 32.1. The predicted molar refractivity (Wildman–Crippen MR) is 116 cm³/mol. The molecule has 1 N–H and O–H groups in total. The molecule has 0 aliphatic heterocycles. The van der Waals surface area contributed by atoms with Crippen molar-refractivity contribution in [1.82, 2.24) is 9.97 Å². The molecule has 2 aromatic heterocycles. The van der Waals surface area contributed by atoms with Gasteiger partial charge in [-0.2, -0.15) is 0 Å². The van der Waals surface area contributed by atoms with Gasteiger partial charge in [0.1, 0.15) is 5.76 Å². The number of hydrogen-bond donors (Lipinski definition) is 1. The van der Waals surface area contributed by atoms with Crippen molar-refractivity contribution in [2.75, 3.05) is 5.32 Å². The van der Waals surface area contributed by atoms with Gasteiger partial charge in [-0.05, 0) is 31.0 Å². The summed E-state index contributed by atoms with van der Waals surface area (Å²) in [6, 6.07) is 18.0. The van der Waals surface area contributed by atoms with E-state index in [1.54, 1.807) is 0 Å². The van der Waals surface area contributed by atoms with Gasteiger partial charge in [0.05, 0.1) is 17.8 Å². The third-order valence-electron chi connectivity index (χ3n) is 4.65. The fourth-order valence-electron chi connectivity index (χ4n) is 2.99. The van der Waals surface area contributed by atoms with Gasteiger partial charge in [-0.25, -0.2) is 9.97 Å². The van der Waals surface area contributed by atoms with Crippen LogP contribution in [0.2, 0.25) is 0 Å². The molecule has 146 valence electrons. The Balaban J connectivity index is 1.43. The summed E-state index contributed by atoms with van der Waals surface area (Å²) in [6.45, 7) is 3.95. The largest absolute Gasteiger partial charge is 0.441 e. The van der Waals surface area contributed by atoms with Crippen molar-refractivity contribution >= 4 is 22.4 Å². The van der Waals surface area contributed by atoms with E-state index in [0.29, 0.717) is 22.5 Å². The van der Waals surface area contributed by atoms with E-state index in [9.17, 15) is 4.79 Å². The molecular weight excluding hydrogens is 382 g/mol. The van der Waals surface area contributed by atoms with Gasteiger partial charge >= 0.3 is 0 Å². The Morgan fingerprint density at radius 3 is 2.52 bits per heavy atom. The molecule has 0 radical (unpaired) electrons. The van der Waals surface area contributed by atoms with Crippen LogP contribution in [0.5, 0.6) is 0 Å². The quantitative estimate of drug-likeness (QED) is 0.460. The number of nitrogens with one attached hydrogen (secondary N) is 1. The van der Waals surface area contributed by atoms with Crippen molar-refractivity contribution in [1.29, 1.82) is 0 Å². The number of carbonyl (C=O) groups excluding carboxylic acids is 1. The highest BCUT2D eigenvalue weighted by molar-refractivity contribution is 7.14.